The fraction of sp³-hybridized carbons (Fsp3) is 0.571. The first-order valence-corrected chi connectivity index (χ1v) is 3.20. The van der Waals surface area contributed by atoms with Crippen molar-refractivity contribution in [1.29, 1.82) is 0 Å². The summed E-state index contributed by atoms with van der Waals surface area (Å²) in [6.45, 7) is 0. The molecule has 0 fully saturated rings. The molecule has 0 aliphatic carbocycles. The van der Waals surface area contributed by atoms with Gasteiger partial charge in [-0.2, -0.15) is 0 Å². The summed E-state index contributed by atoms with van der Waals surface area (Å²) in [5.41, 5.74) is 3.58. The maximum absolute atomic E-state index is 10.7. The quantitative estimate of drug-likeness (QED) is 0.483. The fourth-order valence-electron chi connectivity index (χ4n) is 0.604. The van der Waals surface area contributed by atoms with Crippen molar-refractivity contribution in [2.75, 3.05) is 7.05 Å². The first kappa shape index (κ1) is 18.1. The minimum Gasteiger partial charge on any atom is -0.358 e. The van der Waals surface area contributed by atoms with Crippen LogP contribution in [0.5, 0.6) is 0 Å². The number of hydrogen-bond acceptors (Lipinski definition) is 2. The minimum absolute atomic E-state index is 0. The molecule has 0 bridgehead atoms. The second-order valence-corrected chi connectivity index (χ2v) is 2.06. The topological polar surface area (TPSA) is 73.8 Å². The van der Waals surface area contributed by atoms with Crippen LogP contribution >= 0.6 is 0 Å². The van der Waals surface area contributed by atoms with Crippen LogP contribution in [-0.4, -0.2) is 25.3 Å². The molecule has 1 atom stereocenters. The van der Waals surface area contributed by atoms with Gasteiger partial charge in [-0.1, -0.05) is 0 Å². The van der Waals surface area contributed by atoms with Gasteiger partial charge in [0.2, 0.25) is 0 Å². The van der Waals surface area contributed by atoms with Crippen LogP contribution in [-0.2, 0) is 42.3 Å². The average Bonchev–Trinajstić information content (AvgIpc) is 1.98. The first-order valence-electron chi connectivity index (χ1n) is 3.20. The summed E-state index contributed by atoms with van der Waals surface area (Å²) < 4.78 is 0. The van der Waals surface area contributed by atoms with Crippen molar-refractivity contribution in [1.82, 2.24) is 5.32 Å². The molecule has 0 aromatic rings. The molecule has 0 aromatic carbocycles. The molecule has 0 rings (SSSR count). The first-order chi connectivity index (χ1) is 4.72. The van der Waals surface area contributed by atoms with Crippen molar-refractivity contribution in [3.05, 3.63) is 7.43 Å². The molecular formula is C7H16N2O2Y. The molecule has 0 aliphatic rings. The number of aldehydes is 1. The Balaban J connectivity index is -0.000000405. The van der Waals surface area contributed by atoms with Crippen LogP contribution in [0.15, 0.2) is 0 Å². The van der Waals surface area contributed by atoms with E-state index in [4.69, 9.17) is 0 Å². The molecular weight excluding hydrogens is 233 g/mol. The number of likely N-dealkylation sites (N-methyl/N-ethyl adjacent to an activating group) is 1. The standard InChI is InChI=1S/C6H12N2O2.CH3.Y/c1-8-6(10)5(7)3-2-4-9;;/h4-5H,2-3,7H2,1H3,(H,8,10);1H3;/q;-1;/p+1. The van der Waals surface area contributed by atoms with E-state index >= 15 is 0 Å². The van der Waals surface area contributed by atoms with Crippen molar-refractivity contribution in [3.63, 3.8) is 0 Å². The van der Waals surface area contributed by atoms with Crippen molar-refractivity contribution in [2.45, 2.75) is 18.9 Å². The van der Waals surface area contributed by atoms with Gasteiger partial charge >= 0.3 is 0 Å². The summed E-state index contributed by atoms with van der Waals surface area (Å²) in [5.74, 6) is -0.109. The monoisotopic (exact) mass is 249 g/mol. The van der Waals surface area contributed by atoms with Crippen molar-refractivity contribution < 1.29 is 48.0 Å². The zero-order valence-electron chi connectivity index (χ0n) is 7.67. The number of carbonyl (C=O) groups is 2. The molecule has 0 aliphatic heterocycles. The molecule has 1 amide bonds. The van der Waals surface area contributed by atoms with E-state index in [1.54, 1.807) is 7.05 Å². The Hall–Kier alpha value is 0.204. The number of rotatable bonds is 4. The van der Waals surface area contributed by atoms with Crippen LogP contribution in [0.1, 0.15) is 12.8 Å². The Morgan fingerprint density at radius 3 is 2.50 bits per heavy atom. The molecule has 69 valence electrons. The Labute approximate surface area is 98.5 Å². The van der Waals surface area contributed by atoms with Crippen molar-refractivity contribution >= 4 is 12.2 Å². The molecule has 12 heavy (non-hydrogen) atoms. The number of quaternary nitrogens is 1. The molecule has 1 radical (unpaired) electrons. The Morgan fingerprint density at radius 1 is 1.67 bits per heavy atom. The van der Waals surface area contributed by atoms with E-state index in [9.17, 15) is 9.59 Å². The summed E-state index contributed by atoms with van der Waals surface area (Å²) >= 11 is 0. The largest absolute Gasteiger partial charge is 0.358 e. The van der Waals surface area contributed by atoms with Crippen LogP contribution < -0.4 is 11.1 Å². The smallest absolute Gasteiger partial charge is 0.277 e. The number of nitrogens with one attached hydrogen (secondary N) is 1. The molecule has 4 nitrogen and oxygen atoms in total. The third-order valence-corrected chi connectivity index (χ3v) is 1.25. The number of amides is 1. The zero-order valence-corrected chi connectivity index (χ0v) is 10.5. The molecule has 0 heterocycles. The van der Waals surface area contributed by atoms with Crippen molar-refractivity contribution in [2.24, 2.45) is 0 Å². The van der Waals surface area contributed by atoms with Gasteiger partial charge in [-0.15, -0.1) is 0 Å². The van der Waals surface area contributed by atoms with Gasteiger partial charge in [0.25, 0.3) is 5.91 Å². The van der Waals surface area contributed by atoms with E-state index < -0.39 is 0 Å². The predicted octanol–water partition coefficient (Wildman–Crippen LogP) is -1.23. The van der Waals surface area contributed by atoms with E-state index in [1.807, 2.05) is 0 Å². The van der Waals surface area contributed by atoms with Crippen LogP contribution in [0.4, 0.5) is 0 Å². The Kier molecular flexibility index (Phi) is 16.9. The van der Waals surface area contributed by atoms with Gasteiger partial charge in [-0.25, -0.2) is 0 Å². The van der Waals surface area contributed by atoms with E-state index in [0.717, 1.165) is 6.29 Å². The third kappa shape index (κ3) is 8.30. The average molecular weight is 249 g/mol. The second kappa shape index (κ2) is 11.2. The number of carbonyl (C=O) groups excluding carboxylic acids is 2. The fourth-order valence-corrected chi connectivity index (χ4v) is 0.604. The van der Waals surface area contributed by atoms with E-state index in [1.165, 1.54) is 0 Å². The van der Waals surface area contributed by atoms with Gasteiger partial charge in [-0.05, 0) is 0 Å². The summed E-state index contributed by atoms with van der Waals surface area (Å²) in [6, 6.07) is -0.296. The SMILES string of the molecule is CNC(=O)C([NH3+])CCC=O.[CH3-].[Y]. The number of hydrogen-bond donors (Lipinski definition) is 2. The van der Waals surface area contributed by atoms with Crippen LogP contribution in [0.2, 0.25) is 0 Å². The molecule has 0 aromatic heterocycles. The van der Waals surface area contributed by atoms with Gasteiger partial charge in [0.1, 0.15) is 6.29 Å². The summed E-state index contributed by atoms with van der Waals surface area (Å²) in [6.07, 6.45) is 1.73. The Morgan fingerprint density at radius 2 is 2.17 bits per heavy atom. The van der Waals surface area contributed by atoms with Gasteiger partial charge in [-0.3, -0.25) is 4.79 Å². The molecule has 1 unspecified atom stereocenters. The van der Waals surface area contributed by atoms with Gasteiger partial charge in [0, 0.05) is 52.6 Å². The van der Waals surface area contributed by atoms with Crippen LogP contribution in [0.25, 0.3) is 0 Å². The molecule has 0 saturated heterocycles. The summed E-state index contributed by atoms with van der Waals surface area (Å²) in [7, 11) is 1.56. The van der Waals surface area contributed by atoms with Gasteiger partial charge < -0.3 is 23.3 Å². The molecule has 0 spiro atoms. The normalized spacial score (nSPS) is 10.2. The van der Waals surface area contributed by atoms with E-state index in [0.29, 0.717) is 12.8 Å². The van der Waals surface area contributed by atoms with Gasteiger partial charge in [0.15, 0.2) is 6.04 Å². The van der Waals surface area contributed by atoms with Gasteiger partial charge in [0.05, 0.1) is 0 Å². The minimum atomic E-state index is -0.296. The van der Waals surface area contributed by atoms with Crippen LogP contribution in [0.3, 0.4) is 0 Å². The van der Waals surface area contributed by atoms with E-state index in [2.05, 4.69) is 11.1 Å². The molecule has 0 saturated carbocycles. The molecule has 4 N–H and O–H groups in total. The van der Waals surface area contributed by atoms with Crippen molar-refractivity contribution in [3.8, 4) is 0 Å². The van der Waals surface area contributed by atoms with Crippen LogP contribution in [0, 0.1) is 7.43 Å². The third-order valence-electron chi connectivity index (χ3n) is 1.25. The maximum Gasteiger partial charge on any atom is 0.277 e. The summed E-state index contributed by atoms with van der Waals surface area (Å²) in [4.78, 5) is 20.6. The Bertz CT molecular complexity index is 131. The zero-order chi connectivity index (χ0) is 7.98. The molecule has 5 heteroatoms. The maximum atomic E-state index is 10.7. The van der Waals surface area contributed by atoms with E-state index in [-0.39, 0.29) is 52.1 Å². The summed E-state index contributed by atoms with van der Waals surface area (Å²) in [5, 5.41) is 2.46. The predicted molar refractivity (Wildman–Crippen MR) is 42.5 cm³/mol. The second-order valence-electron chi connectivity index (χ2n) is 2.06.